The van der Waals surface area contributed by atoms with Crippen LogP contribution in [0.2, 0.25) is 0 Å². The lowest BCUT2D eigenvalue weighted by molar-refractivity contribution is -0.151. The first-order valence-electron chi connectivity index (χ1n) is 12.8. The molecule has 0 aromatic heterocycles. The molecule has 0 amide bonds. The van der Waals surface area contributed by atoms with Crippen LogP contribution in [-0.2, 0) is 23.9 Å². The van der Waals surface area contributed by atoms with Gasteiger partial charge < -0.3 is 25.1 Å². The summed E-state index contributed by atoms with van der Waals surface area (Å²) in [4.78, 5) is 49.5. The highest BCUT2D eigenvalue weighted by Crippen LogP contribution is 2.39. The Balaban J connectivity index is 3.62. The van der Waals surface area contributed by atoms with Crippen molar-refractivity contribution in [3.8, 4) is 11.5 Å². The van der Waals surface area contributed by atoms with Gasteiger partial charge in [-0.25, -0.2) is 0 Å². The number of carboxylic acids is 1. The Bertz CT molecular complexity index is 984. The van der Waals surface area contributed by atoms with E-state index in [9.17, 15) is 24.3 Å². The summed E-state index contributed by atoms with van der Waals surface area (Å²) in [6.45, 7) is 15.8. The van der Waals surface area contributed by atoms with Gasteiger partial charge in [-0.3, -0.25) is 19.2 Å². The molecule has 0 radical (unpaired) electrons. The van der Waals surface area contributed by atoms with Crippen LogP contribution in [0.3, 0.4) is 0 Å². The molecule has 3 unspecified atom stereocenters. The third-order valence-corrected chi connectivity index (χ3v) is 7.22. The summed E-state index contributed by atoms with van der Waals surface area (Å²) in [5.41, 5.74) is 4.95. The molecule has 0 heterocycles. The number of aliphatic carboxylic acids is 1. The second-order valence-corrected chi connectivity index (χ2v) is 10.8. The van der Waals surface area contributed by atoms with E-state index in [-0.39, 0.29) is 17.9 Å². The van der Waals surface area contributed by atoms with Crippen molar-refractivity contribution in [1.82, 2.24) is 0 Å². The Morgan fingerprint density at radius 3 is 1.81 bits per heavy atom. The van der Waals surface area contributed by atoms with Gasteiger partial charge >= 0.3 is 23.9 Å². The van der Waals surface area contributed by atoms with Crippen LogP contribution in [0.5, 0.6) is 11.5 Å². The van der Waals surface area contributed by atoms with Gasteiger partial charge in [-0.15, -0.1) is 0 Å². The molecule has 1 rings (SSSR count). The molecule has 0 spiro atoms. The van der Waals surface area contributed by atoms with Gasteiger partial charge in [0.15, 0.2) is 11.5 Å². The summed E-state index contributed by atoms with van der Waals surface area (Å²) in [5.74, 6) is -3.99. The third-order valence-electron chi connectivity index (χ3n) is 7.22. The monoisotopic (exact) mass is 521 g/mol. The van der Waals surface area contributed by atoms with E-state index in [2.05, 4.69) is 0 Å². The van der Waals surface area contributed by atoms with E-state index in [4.69, 9.17) is 19.9 Å². The first kappa shape index (κ1) is 32.1. The fourth-order valence-electron chi connectivity index (χ4n) is 3.34. The van der Waals surface area contributed by atoms with Crippen LogP contribution in [0.25, 0.3) is 0 Å². The maximum atomic E-state index is 12.9. The second-order valence-electron chi connectivity index (χ2n) is 10.8. The highest BCUT2D eigenvalue weighted by Gasteiger charge is 2.37. The molecule has 1 aromatic carbocycles. The van der Waals surface area contributed by atoms with Crippen molar-refractivity contribution >= 4 is 23.9 Å². The molecule has 208 valence electrons. The minimum atomic E-state index is -1.35. The Labute approximate surface area is 220 Å². The maximum Gasteiger partial charge on any atom is 0.321 e. The molecule has 0 saturated heterocycles. The standard InChI is InChI=1S/C28H43NO8/c1-10-21(30)35-17(5)16(4)22(23(29)24(31)32)18-13-14-19(36-25(33)27(6,7)11-2)20(15-18)37-26(34)28(8,9)12-3/h13-17,22-23H,10-12,29H2,1-9H3,(H,31,32)/t16?,17?,22?,23-/m0/s1. The SMILES string of the molecule is CCC(=O)OC(C)C(C)C(c1ccc(OC(=O)C(C)(C)CC)c(OC(=O)C(C)(C)CC)c1)[C@H](N)C(=O)O. The Morgan fingerprint density at radius 1 is 0.892 bits per heavy atom. The average Bonchev–Trinajstić information content (AvgIpc) is 2.84. The van der Waals surface area contributed by atoms with E-state index in [1.165, 1.54) is 12.1 Å². The van der Waals surface area contributed by atoms with E-state index < -0.39 is 58.7 Å². The van der Waals surface area contributed by atoms with Gasteiger partial charge in [0, 0.05) is 18.3 Å². The lowest BCUT2D eigenvalue weighted by atomic mass is 9.79. The maximum absolute atomic E-state index is 12.9. The highest BCUT2D eigenvalue weighted by atomic mass is 16.6. The molecule has 0 aliphatic heterocycles. The number of esters is 3. The van der Waals surface area contributed by atoms with E-state index in [1.807, 2.05) is 13.8 Å². The quantitative estimate of drug-likeness (QED) is 0.275. The fraction of sp³-hybridized carbons (Fsp3) is 0.643. The topological polar surface area (TPSA) is 142 Å². The zero-order chi connectivity index (χ0) is 28.7. The molecule has 0 aliphatic carbocycles. The number of carboxylic acid groups (broad SMARTS) is 1. The Morgan fingerprint density at radius 2 is 1.38 bits per heavy atom. The lowest BCUT2D eigenvalue weighted by Gasteiger charge is -2.32. The van der Waals surface area contributed by atoms with Crippen LogP contribution in [0.15, 0.2) is 18.2 Å². The van der Waals surface area contributed by atoms with Crippen LogP contribution >= 0.6 is 0 Å². The number of hydrogen-bond donors (Lipinski definition) is 2. The molecule has 4 atom stereocenters. The number of rotatable bonds is 13. The average molecular weight is 522 g/mol. The first-order chi connectivity index (χ1) is 17.0. The van der Waals surface area contributed by atoms with Gasteiger partial charge in [0.05, 0.1) is 10.8 Å². The molecule has 0 saturated carbocycles. The molecule has 0 fully saturated rings. The number of hydrogen-bond acceptors (Lipinski definition) is 8. The van der Waals surface area contributed by atoms with Gasteiger partial charge in [-0.2, -0.15) is 0 Å². The van der Waals surface area contributed by atoms with Crippen molar-refractivity contribution in [3.05, 3.63) is 23.8 Å². The van der Waals surface area contributed by atoms with Crippen molar-refractivity contribution in [3.63, 3.8) is 0 Å². The normalized spacial score (nSPS) is 15.2. The number of nitrogens with two attached hydrogens (primary N) is 1. The zero-order valence-corrected chi connectivity index (χ0v) is 23.5. The smallest absolute Gasteiger partial charge is 0.321 e. The minimum absolute atomic E-state index is 0.0164. The minimum Gasteiger partial charge on any atom is -0.480 e. The summed E-state index contributed by atoms with van der Waals surface area (Å²) >= 11 is 0. The Hall–Kier alpha value is -2.94. The number of ether oxygens (including phenoxy) is 3. The van der Waals surface area contributed by atoms with Gasteiger partial charge in [-0.05, 0) is 65.2 Å². The molecule has 0 bridgehead atoms. The van der Waals surface area contributed by atoms with Gasteiger partial charge in [0.25, 0.3) is 0 Å². The first-order valence-corrected chi connectivity index (χ1v) is 12.8. The molecular weight excluding hydrogens is 478 g/mol. The van der Waals surface area contributed by atoms with Crippen molar-refractivity contribution in [2.45, 2.75) is 99.6 Å². The van der Waals surface area contributed by atoms with Crippen molar-refractivity contribution < 1.29 is 38.5 Å². The van der Waals surface area contributed by atoms with Crippen molar-refractivity contribution in [2.75, 3.05) is 0 Å². The molecular formula is C28H43NO8. The van der Waals surface area contributed by atoms with Crippen LogP contribution in [0, 0.1) is 16.7 Å². The summed E-state index contributed by atoms with van der Waals surface area (Å²) in [7, 11) is 0. The number of benzene rings is 1. The summed E-state index contributed by atoms with van der Waals surface area (Å²) < 4.78 is 16.8. The lowest BCUT2D eigenvalue weighted by Crippen LogP contribution is -2.42. The second kappa shape index (κ2) is 13.0. The van der Waals surface area contributed by atoms with Crippen molar-refractivity contribution in [1.29, 1.82) is 0 Å². The molecule has 1 aromatic rings. The van der Waals surface area contributed by atoms with Crippen LogP contribution in [0.4, 0.5) is 0 Å². The van der Waals surface area contributed by atoms with E-state index in [0.29, 0.717) is 18.4 Å². The van der Waals surface area contributed by atoms with E-state index >= 15 is 0 Å². The zero-order valence-electron chi connectivity index (χ0n) is 23.5. The van der Waals surface area contributed by atoms with E-state index in [0.717, 1.165) is 0 Å². The molecule has 9 heteroatoms. The van der Waals surface area contributed by atoms with Crippen LogP contribution in [0.1, 0.15) is 93.1 Å². The van der Waals surface area contributed by atoms with Gasteiger partial charge in [-0.1, -0.05) is 33.8 Å². The summed E-state index contributed by atoms with van der Waals surface area (Å²) in [6.07, 6.45) is 0.570. The molecule has 37 heavy (non-hydrogen) atoms. The van der Waals surface area contributed by atoms with Crippen LogP contribution < -0.4 is 15.2 Å². The van der Waals surface area contributed by atoms with Crippen molar-refractivity contribution in [2.24, 2.45) is 22.5 Å². The summed E-state index contributed by atoms with van der Waals surface area (Å²) in [5, 5.41) is 9.73. The van der Waals surface area contributed by atoms with Gasteiger partial charge in [0.2, 0.25) is 0 Å². The molecule has 3 N–H and O–H groups in total. The van der Waals surface area contributed by atoms with E-state index in [1.54, 1.807) is 54.5 Å². The number of carbonyl (C=O) groups is 4. The van der Waals surface area contributed by atoms with Crippen LogP contribution in [-0.4, -0.2) is 41.1 Å². The third kappa shape index (κ3) is 8.28. The molecule has 9 nitrogen and oxygen atoms in total. The van der Waals surface area contributed by atoms with Gasteiger partial charge in [0.1, 0.15) is 12.1 Å². The predicted molar refractivity (Wildman–Crippen MR) is 139 cm³/mol. The summed E-state index contributed by atoms with van der Waals surface area (Å²) in [6, 6.07) is 3.18. The molecule has 0 aliphatic rings. The highest BCUT2D eigenvalue weighted by molar-refractivity contribution is 5.82. The number of carbonyl (C=O) groups excluding carboxylic acids is 3. The fourth-order valence-corrected chi connectivity index (χ4v) is 3.34. The largest absolute Gasteiger partial charge is 0.480 e. The Kier molecular flexibility index (Phi) is 11.3. The predicted octanol–water partition coefficient (Wildman–Crippen LogP) is 4.84.